The number of hydrogen-bond acceptors (Lipinski definition) is 4. The number of furan rings is 1. The standard InChI is InChI=1S/C57H38N4OSi/c1-6-19-39(20-7-1)41-23-18-24-42(37-41)56-58-55(40-21-8-2-9-22-40)59-57(60-56)61-51-36-33-46(38-50(51)48-34-35-49-47-31-16-17-32-52(47)62-54(49)53(48)61)63(43-25-10-3-11-26-43,44-27-12-4-13-28-44)45-29-14-5-15-30-45/h1-38H. The third-order valence-electron chi connectivity index (χ3n) is 12.4. The fourth-order valence-electron chi connectivity index (χ4n) is 9.57. The van der Waals surface area contributed by atoms with Crippen molar-refractivity contribution in [2.45, 2.75) is 0 Å². The third-order valence-corrected chi connectivity index (χ3v) is 17.2. The van der Waals surface area contributed by atoms with E-state index in [-0.39, 0.29) is 0 Å². The molecule has 12 aromatic rings. The average Bonchev–Trinajstić information content (AvgIpc) is 3.92. The van der Waals surface area contributed by atoms with Gasteiger partial charge in [-0.1, -0.05) is 206 Å². The normalized spacial score (nSPS) is 11.8. The summed E-state index contributed by atoms with van der Waals surface area (Å²) in [6, 6.07) is 82.0. The van der Waals surface area contributed by atoms with Gasteiger partial charge in [0.15, 0.2) is 25.3 Å². The van der Waals surface area contributed by atoms with Crippen LogP contribution >= 0.6 is 0 Å². The predicted octanol–water partition coefficient (Wildman–Crippen LogP) is 11.2. The first-order chi connectivity index (χ1) is 31.2. The van der Waals surface area contributed by atoms with E-state index >= 15 is 0 Å². The van der Waals surface area contributed by atoms with E-state index in [0.29, 0.717) is 17.6 Å². The fraction of sp³-hybridized carbons (Fsp3) is 0. The molecule has 3 aromatic heterocycles. The zero-order chi connectivity index (χ0) is 41.7. The van der Waals surface area contributed by atoms with Gasteiger partial charge in [-0.2, -0.15) is 9.97 Å². The number of benzene rings is 9. The number of hydrogen-bond donors (Lipinski definition) is 0. The number of nitrogens with zero attached hydrogens (tertiary/aromatic N) is 4. The van der Waals surface area contributed by atoms with Crippen LogP contribution in [0.3, 0.4) is 0 Å². The summed E-state index contributed by atoms with van der Waals surface area (Å²) in [6.07, 6.45) is 0. The lowest BCUT2D eigenvalue weighted by Gasteiger charge is -2.34. The summed E-state index contributed by atoms with van der Waals surface area (Å²) in [4.78, 5) is 15.9. The molecule has 0 amide bonds. The lowest BCUT2D eigenvalue weighted by molar-refractivity contribution is 0.670. The summed E-state index contributed by atoms with van der Waals surface area (Å²) in [6.45, 7) is 0. The molecule has 3 heterocycles. The maximum Gasteiger partial charge on any atom is 0.238 e. The Morgan fingerprint density at radius 1 is 0.349 bits per heavy atom. The zero-order valence-electron chi connectivity index (χ0n) is 34.1. The summed E-state index contributed by atoms with van der Waals surface area (Å²) in [5, 5.41) is 9.49. The molecule has 0 atom stereocenters. The molecular formula is C57H38N4OSi. The van der Waals surface area contributed by atoms with Crippen molar-refractivity contribution in [1.82, 2.24) is 19.5 Å². The predicted molar refractivity (Wildman–Crippen MR) is 261 cm³/mol. The number of fused-ring (bicyclic) bond motifs is 7. The number of para-hydroxylation sites is 1. The van der Waals surface area contributed by atoms with Crippen LogP contribution in [0.15, 0.2) is 235 Å². The van der Waals surface area contributed by atoms with E-state index in [1.807, 2.05) is 36.4 Å². The van der Waals surface area contributed by atoms with Gasteiger partial charge in [0.25, 0.3) is 0 Å². The lowest BCUT2D eigenvalue weighted by atomic mass is 10.0. The Hall–Kier alpha value is -8.19. The first-order valence-corrected chi connectivity index (χ1v) is 23.3. The van der Waals surface area contributed by atoms with Crippen molar-refractivity contribution in [3.8, 4) is 39.9 Å². The fourth-order valence-corrected chi connectivity index (χ4v) is 14.3. The highest BCUT2D eigenvalue weighted by molar-refractivity contribution is 7.20. The average molecular weight is 823 g/mol. The van der Waals surface area contributed by atoms with E-state index in [1.165, 1.54) is 20.7 Å². The SMILES string of the molecule is c1ccc(-c2cccc(-c3nc(-c4ccccc4)nc(-n4c5ccc([Si](c6ccccc6)(c6ccccc6)c6ccccc6)cc5c5ccc6c7ccccc7oc6c54)n3)c2)cc1. The molecule has 296 valence electrons. The van der Waals surface area contributed by atoms with E-state index in [2.05, 4.69) is 199 Å². The molecule has 0 aliphatic carbocycles. The molecule has 0 N–H and O–H groups in total. The summed E-state index contributed by atoms with van der Waals surface area (Å²) < 4.78 is 9.08. The molecule has 5 nitrogen and oxygen atoms in total. The van der Waals surface area contributed by atoms with Crippen molar-refractivity contribution in [3.63, 3.8) is 0 Å². The second-order valence-electron chi connectivity index (χ2n) is 15.9. The molecule has 0 bridgehead atoms. The molecule has 9 aromatic carbocycles. The third kappa shape index (κ3) is 6.03. The van der Waals surface area contributed by atoms with Gasteiger partial charge in [0, 0.05) is 32.7 Å². The molecule has 63 heavy (non-hydrogen) atoms. The van der Waals surface area contributed by atoms with E-state index in [1.54, 1.807) is 0 Å². The molecule has 0 unspecified atom stereocenters. The Kier molecular flexibility index (Phi) is 8.76. The van der Waals surface area contributed by atoms with Gasteiger partial charge < -0.3 is 4.42 Å². The van der Waals surface area contributed by atoms with Gasteiger partial charge in [-0.3, -0.25) is 4.57 Å². The van der Waals surface area contributed by atoms with Crippen LogP contribution in [-0.2, 0) is 0 Å². The van der Waals surface area contributed by atoms with Crippen molar-refractivity contribution in [1.29, 1.82) is 0 Å². The lowest BCUT2D eigenvalue weighted by Crippen LogP contribution is -2.74. The highest BCUT2D eigenvalue weighted by Crippen LogP contribution is 2.40. The van der Waals surface area contributed by atoms with Crippen molar-refractivity contribution < 1.29 is 4.42 Å². The van der Waals surface area contributed by atoms with Crippen LogP contribution in [0.2, 0.25) is 0 Å². The Balaban J connectivity index is 1.19. The van der Waals surface area contributed by atoms with E-state index in [0.717, 1.165) is 66.0 Å². The van der Waals surface area contributed by atoms with Crippen LogP contribution in [0.1, 0.15) is 0 Å². The zero-order valence-corrected chi connectivity index (χ0v) is 35.1. The molecule has 0 aliphatic heterocycles. The van der Waals surface area contributed by atoms with Crippen LogP contribution in [-0.4, -0.2) is 27.6 Å². The highest BCUT2D eigenvalue weighted by atomic mass is 28.3. The molecule has 12 rings (SSSR count). The number of aromatic nitrogens is 4. The molecule has 6 heteroatoms. The highest BCUT2D eigenvalue weighted by Gasteiger charge is 2.41. The molecule has 0 aliphatic rings. The van der Waals surface area contributed by atoms with Crippen molar-refractivity contribution >= 4 is 72.6 Å². The van der Waals surface area contributed by atoms with Gasteiger partial charge in [-0.25, -0.2) is 4.98 Å². The summed E-state index contributed by atoms with van der Waals surface area (Å²) in [7, 11) is -2.87. The van der Waals surface area contributed by atoms with Crippen molar-refractivity contribution in [3.05, 3.63) is 231 Å². The van der Waals surface area contributed by atoms with Gasteiger partial charge >= 0.3 is 0 Å². The van der Waals surface area contributed by atoms with Gasteiger partial charge in [-0.05, 0) is 56.1 Å². The Morgan fingerprint density at radius 3 is 1.52 bits per heavy atom. The second-order valence-corrected chi connectivity index (χ2v) is 19.8. The second kappa shape index (κ2) is 15.1. The Morgan fingerprint density at radius 2 is 0.873 bits per heavy atom. The minimum atomic E-state index is -2.87. The molecule has 0 saturated heterocycles. The van der Waals surface area contributed by atoms with E-state index in [4.69, 9.17) is 19.4 Å². The van der Waals surface area contributed by atoms with Gasteiger partial charge in [0.2, 0.25) is 5.95 Å². The molecular weight excluding hydrogens is 785 g/mol. The first kappa shape index (κ1) is 36.6. The van der Waals surface area contributed by atoms with Crippen LogP contribution in [0.5, 0.6) is 0 Å². The minimum Gasteiger partial charge on any atom is -0.454 e. The van der Waals surface area contributed by atoms with Gasteiger partial charge in [0.05, 0.1) is 5.52 Å². The smallest absolute Gasteiger partial charge is 0.238 e. The van der Waals surface area contributed by atoms with Gasteiger partial charge in [-0.15, -0.1) is 0 Å². The maximum atomic E-state index is 6.87. The molecule has 0 fully saturated rings. The van der Waals surface area contributed by atoms with Crippen LogP contribution in [0, 0.1) is 0 Å². The molecule has 0 radical (unpaired) electrons. The van der Waals surface area contributed by atoms with E-state index < -0.39 is 8.07 Å². The van der Waals surface area contributed by atoms with E-state index in [9.17, 15) is 0 Å². The quantitative estimate of drug-likeness (QED) is 0.113. The molecule has 0 spiro atoms. The minimum absolute atomic E-state index is 0.516. The van der Waals surface area contributed by atoms with Crippen LogP contribution < -0.4 is 20.7 Å². The Labute approximate surface area is 365 Å². The Bertz CT molecular complexity index is 3510. The maximum absolute atomic E-state index is 6.87. The monoisotopic (exact) mass is 822 g/mol. The largest absolute Gasteiger partial charge is 0.454 e. The summed E-state index contributed by atoms with van der Waals surface area (Å²) in [5.41, 5.74) is 7.54. The van der Waals surface area contributed by atoms with Crippen LogP contribution in [0.4, 0.5) is 0 Å². The van der Waals surface area contributed by atoms with Crippen LogP contribution in [0.25, 0.3) is 83.6 Å². The number of rotatable bonds is 8. The molecule has 0 saturated carbocycles. The summed E-state index contributed by atoms with van der Waals surface area (Å²) >= 11 is 0. The first-order valence-electron chi connectivity index (χ1n) is 21.3. The van der Waals surface area contributed by atoms with Gasteiger partial charge in [0.1, 0.15) is 11.1 Å². The van der Waals surface area contributed by atoms with Crippen molar-refractivity contribution in [2.75, 3.05) is 0 Å². The van der Waals surface area contributed by atoms with Crippen molar-refractivity contribution in [2.24, 2.45) is 0 Å². The topological polar surface area (TPSA) is 56.7 Å². The summed E-state index contributed by atoms with van der Waals surface area (Å²) in [5.74, 6) is 1.69.